The predicted molar refractivity (Wildman–Crippen MR) is 43.3 cm³/mol. The Hall–Kier alpha value is -0.0900. The van der Waals surface area contributed by atoms with Crippen LogP contribution in [0.3, 0.4) is 0 Å². The molecule has 1 aromatic rings. The average molecular weight is 178 g/mol. The van der Waals surface area contributed by atoms with Gasteiger partial charge < -0.3 is 10.8 Å². The van der Waals surface area contributed by atoms with Crippen LogP contribution in [0.25, 0.3) is 0 Å². The Morgan fingerprint density at radius 2 is 2.50 bits per heavy atom. The Morgan fingerprint density at radius 3 is 2.90 bits per heavy atom. The fraction of sp³-hybridized carbons (Fsp3) is 0.333. The van der Waals surface area contributed by atoms with E-state index in [0.717, 1.165) is 5.56 Å². The lowest BCUT2D eigenvalue weighted by atomic mass is 10.2. The fourth-order valence-corrected chi connectivity index (χ4v) is 1.58. The van der Waals surface area contributed by atoms with Gasteiger partial charge in [-0.05, 0) is 17.0 Å². The topological polar surface area (TPSA) is 46.2 Å². The van der Waals surface area contributed by atoms with Crippen LogP contribution in [0.2, 0.25) is 4.34 Å². The molecule has 1 heterocycles. The molecule has 0 aliphatic rings. The zero-order chi connectivity index (χ0) is 7.56. The summed E-state index contributed by atoms with van der Waals surface area (Å²) in [5.74, 6) is 0. The number of rotatable bonds is 2. The molecule has 0 aliphatic carbocycles. The number of aliphatic hydroxyl groups is 1. The number of halogens is 1. The molecular weight excluding hydrogens is 170 g/mol. The minimum atomic E-state index is -0.288. The van der Waals surface area contributed by atoms with Gasteiger partial charge in [0.15, 0.2) is 0 Å². The molecule has 3 N–H and O–H groups in total. The first-order valence-electron chi connectivity index (χ1n) is 2.84. The van der Waals surface area contributed by atoms with Crippen molar-refractivity contribution < 1.29 is 5.11 Å². The Bertz CT molecular complexity index is 213. The first-order valence-corrected chi connectivity index (χ1v) is 4.10. The Labute approximate surface area is 68.2 Å². The minimum absolute atomic E-state index is 0.0347. The molecule has 0 amide bonds. The number of hydrogen-bond donors (Lipinski definition) is 2. The van der Waals surface area contributed by atoms with Crippen molar-refractivity contribution in [2.45, 2.75) is 6.04 Å². The Balaban J connectivity index is 2.74. The summed E-state index contributed by atoms with van der Waals surface area (Å²) in [5.41, 5.74) is 6.41. The zero-order valence-corrected chi connectivity index (χ0v) is 6.82. The van der Waals surface area contributed by atoms with Crippen LogP contribution < -0.4 is 5.73 Å². The summed E-state index contributed by atoms with van der Waals surface area (Å²) < 4.78 is 0.707. The average Bonchev–Trinajstić information content (AvgIpc) is 2.34. The highest BCUT2D eigenvalue weighted by atomic mass is 35.5. The van der Waals surface area contributed by atoms with Gasteiger partial charge in [0.2, 0.25) is 0 Å². The van der Waals surface area contributed by atoms with Gasteiger partial charge in [-0.3, -0.25) is 0 Å². The second-order valence-electron chi connectivity index (χ2n) is 1.97. The van der Waals surface area contributed by atoms with Gasteiger partial charge in [0.05, 0.1) is 17.0 Å². The molecule has 0 unspecified atom stereocenters. The van der Waals surface area contributed by atoms with E-state index in [1.54, 1.807) is 6.07 Å². The molecule has 0 aromatic carbocycles. The first-order chi connectivity index (χ1) is 4.74. The van der Waals surface area contributed by atoms with E-state index in [1.807, 2.05) is 5.38 Å². The highest BCUT2D eigenvalue weighted by Gasteiger charge is 2.05. The van der Waals surface area contributed by atoms with Crippen molar-refractivity contribution in [1.29, 1.82) is 0 Å². The van der Waals surface area contributed by atoms with Gasteiger partial charge in [-0.2, -0.15) is 0 Å². The van der Waals surface area contributed by atoms with Crippen LogP contribution >= 0.6 is 22.9 Å². The molecule has 1 aromatic heterocycles. The van der Waals surface area contributed by atoms with E-state index in [-0.39, 0.29) is 12.6 Å². The Kier molecular flexibility index (Phi) is 2.68. The summed E-state index contributed by atoms with van der Waals surface area (Å²) >= 11 is 7.07. The normalized spacial score (nSPS) is 13.5. The van der Waals surface area contributed by atoms with Gasteiger partial charge in [-0.25, -0.2) is 0 Å². The second kappa shape index (κ2) is 3.34. The second-order valence-corrected chi connectivity index (χ2v) is 3.52. The molecule has 4 heteroatoms. The number of nitrogens with two attached hydrogens (primary N) is 1. The van der Waals surface area contributed by atoms with E-state index >= 15 is 0 Å². The molecule has 1 rings (SSSR count). The summed E-state index contributed by atoms with van der Waals surface area (Å²) in [7, 11) is 0. The van der Waals surface area contributed by atoms with Crippen molar-refractivity contribution in [3.05, 3.63) is 21.3 Å². The third-order valence-electron chi connectivity index (χ3n) is 1.21. The predicted octanol–water partition coefficient (Wildman–Crippen LogP) is 1.39. The van der Waals surface area contributed by atoms with E-state index in [1.165, 1.54) is 11.3 Å². The lowest BCUT2D eigenvalue weighted by molar-refractivity contribution is 0.268. The van der Waals surface area contributed by atoms with E-state index in [4.69, 9.17) is 22.4 Å². The lowest BCUT2D eigenvalue weighted by Gasteiger charge is -2.02. The summed E-state index contributed by atoms with van der Waals surface area (Å²) in [6.45, 7) is -0.0347. The van der Waals surface area contributed by atoms with Crippen molar-refractivity contribution in [1.82, 2.24) is 0 Å². The first kappa shape index (κ1) is 8.01. The van der Waals surface area contributed by atoms with Gasteiger partial charge in [-0.1, -0.05) is 11.6 Å². The highest BCUT2D eigenvalue weighted by Crippen LogP contribution is 2.23. The van der Waals surface area contributed by atoms with Crippen LogP contribution in [0, 0.1) is 0 Å². The SMILES string of the molecule is N[C@H](CO)c1csc(Cl)c1. The minimum Gasteiger partial charge on any atom is -0.394 e. The van der Waals surface area contributed by atoms with Crippen LogP contribution in [-0.2, 0) is 0 Å². The molecule has 0 saturated carbocycles. The van der Waals surface area contributed by atoms with Crippen molar-refractivity contribution in [2.24, 2.45) is 5.73 Å². The van der Waals surface area contributed by atoms with Gasteiger partial charge in [0.25, 0.3) is 0 Å². The maximum atomic E-state index is 8.63. The van der Waals surface area contributed by atoms with E-state index in [2.05, 4.69) is 0 Å². The summed E-state index contributed by atoms with van der Waals surface area (Å²) in [4.78, 5) is 0. The summed E-state index contributed by atoms with van der Waals surface area (Å²) in [6, 6.07) is 1.48. The van der Waals surface area contributed by atoms with Crippen molar-refractivity contribution in [3.8, 4) is 0 Å². The van der Waals surface area contributed by atoms with Crippen molar-refractivity contribution >= 4 is 22.9 Å². The molecule has 0 aliphatic heterocycles. The molecule has 1 atom stereocenters. The standard InChI is InChI=1S/C6H8ClNOS/c7-6-1-4(3-10-6)5(8)2-9/h1,3,5,9H,2,8H2/t5-/m1/s1. The number of thiophene rings is 1. The molecule has 0 saturated heterocycles. The smallest absolute Gasteiger partial charge is 0.0931 e. The van der Waals surface area contributed by atoms with E-state index in [9.17, 15) is 0 Å². The monoisotopic (exact) mass is 177 g/mol. The molecular formula is C6H8ClNOS. The quantitative estimate of drug-likeness (QED) is 0.718. The molecule has 10 heavy (non-hydrogen) atoms. The molecule has 0 spiro atoms. The van der Waals surface area contributed by atoms with Crippen LogP contribution in [-0.4, -0.2) is 11.7 Å². The summed E-state index contributed by atoms with van der Waals surface area (Å²) in [6.07, 6.45) is 0. The maximum Gasteiger partial charge on any atom is 0.0931 e. The van der Waals surface area contributed by atoms with E-state index in [0.29, 0.717) is 4.34 Å². The Morgan fingerprint density at radius 1 is 1.80 bits per heavy atom. The third kappa shape index (κ3) is 1.70. The largest absolute Gasteiger partial charge is 0.394 e. The maximum absolute atomic E-state index is 8.63. The molecule has 56 valence electrons. The van der Waals surface area contributed by atoms with Gasteiger partial charge >= 0.3 is 0 Å². The highest BCUT2D eigenvalue weighted by molar-refractivity contribution is 7.14. The van der Waals surface area contributed by atoms with Crippen molar-refractivity contribution in [3.63, 3.8) is 0 Å². The molecule has 0 fully saturated rings. The number of aliphatic hydroxyl groups excluding tert-OH is 1. The van der Waals surface area contributed by atoms with Crippen molar-refractivity contribution in [2.75, 3.05) is 6.61 Å². The third-order valence-corrected chi connectivity index (χ3v) is 2.32. The summed E-state index contributed by atoms with van der Waals surface area (Å²) in [5, 5.41) is 10.5. The lowest BCUT2D eigenvalue weighted by Crippen LogP contribution is -2.13. The van der Waals surface area contributed by atoms with E-state index < -0.39 is 0 Å². The van der Waals surface area contributed by atoms with Crippen LogP contribution in [0.4, 0.5) is 0 Å². The number of hydrogen-bond acceptors (Lipinski definition) is 3. The van der Waals surface area contributed by atoms with Gasteiger partial charge in [0, 0.05) is 0 Å². The van der Waals surface area contributed by atoms with Gasteiger partial charge in [0.1, 0.15) is 0 Å². The molecule has 0 radical (unpaired) electrons. The van der Waals surface area contributed by atoms with Crippen LogP contribution in [0.1, 0.15) is 11.6 Å². The van der Waals surface area contributed by atoms with Crippen LogP contribution in [0.5, 0.6) is 0 Å². The molecule has 2 nitrogen and oxygen atoms in total. The fourth-order valence-electron chi connectivity index (χ4n) is 0.623. The molecule has 0 bridgehead atoms. The van der Waals surface area contributed by atoms with Crippen LogP contribution in [0.15, 0.2) is 11.4 Å². The van der Waals surface area contributed by atoms with Gasteiger partial charge in [-0.15, -0.1) is 11.3 Å². The zero-order valence-electron chi connectivity index (χ0n) is 5.25.